The molecule has 0 heterocycles. The van der Waals surface area contributed by atoms with Crippen molar-refractivity contribution in [3.8, 4) is 5.75 Å². The zero-order valence-corrected chi connectivity index (χ0v) is 10.8. The number of benzene rings is 1. The van der Waals surface area contributed by atoms with Crippen LogP contribution in [0.5, 0.6) is 5.75 Å². The van der Waals surface area contributed by atoms with E-state index < -0.39 is 20.6 Å². The predicted octanol–water partition coefficient (Wildman–Crippen LogP) is 2.67. The first-order valence-electron chi connectivity index (χ1n) is 3.77. The van der Waals surface area contributed by atoms with Crippen molar-refractivity contribution in [3.63, 3.8) is 0 Å². The third-order valence-electron chi connectivity index (χ3n) is 1.65. The molecule has 0 aliphatic heterocycles. The fraction of sp³-hybridized carbons (Fsp3) is 0.250. The summed E-state index contributed by atoms with van der Waals surface area (Å²) >= 11 is 3.12. The van der Waals surface area contributed by atoms with Crippen LogP contribution in [0.3, 0.4) is 0 Å². The van der Waals surface area contributed by atoms with E-state index in [0.29, 0.717) is 10.2 Å². The molecule has 1 rings (SSSR count). The predicted molar refractivity (Wildman–Crippen MR) is 59.1 cm³/mol. The Balaban J connectivity index is 3.17. The van der Waals surface area contributed by atoms with Crippen molar-refractivity contribution in [1.29, 1.82) is 0 Å². The largest absolute Gasteiger partial charge is 0.495 e. The number of hydrogen-bond acceptors (Lipinski definition) is 3. The normalized spacial score (nSPS) is 11.5. The van der Waals surface area contributed by atoms with Gasteiger partial charge in [-0.05, 0) is 22.0 Å². The van der Waals surface area contributed by atoms with Gasteiger partial charge in [0.25, 0.3) is 0 Å². The smallest absolute Gasteiger partial charge is 0.236 e. The van der Waals surface area contributed by atoms with Gasteiger partial charge in [0.05, 0.1) is 17.3 Å². The van der Waals surface area contributed by atoms with Gasteiger partial charge in [-0.1, -0.05) is 0 Å². The highest BCUT2D eigenvalue weighted by atomic mass is 79.9. The van der Waals surface area contributed by atoms with Gasteiger partial charge in [0, 0.05) is 22.3 Å². The second-order valence-electron chi connectivity index (χ2n) is 2.76. The molecule has 0 aliphatic rings. The summed E-state index contributed by atoms with van der Waals surface area (Å²) in [6.45, 7) is 0. The fourth-order valence-electron chi connectivity index (χ4n) is 1.02. The van der Waals surface area contributed by atoms with E-state index >= 15 is 0 Å². The Hall–Kier alpha value is -0.330. The molecule has 1 aromatic carbocycles. The molecule has 15 heavy (non-hydrogen) atoms. The standard InChI is InChI=1S/C8H7BrClFO3S/c1-14-8-3-7(11)5(2-6(8)9)4-15(10,12)13/h2-3H,4H2,1H3. The third kappa shape index (κ3) is 3.62. The van der Waals surface area contributed by atoms with Crippen LogP contribution in [-0.2, 0) is 14.8 Å². The average molecular weight is 318 g/mol. The van der Waals surface area contributed by atoms with Crippen LogP contribution in [0.1, 0.15) is 5.56 Å². The van der Waals surface area contributed by atoms with Gasteiger partial charge in [-0.3, -0.25) is 0 Å². The molecule has 0 unspecified atom stereocenters. The first-order valence-corrected chi connectivity index (χ1v) is 7.05. The maximum absolute atomic E-state index is 13.3. The molecule has 0 N–H and O–H groups in total. The lowest BCUT2D eigenvalue weighted by Crippen LogP contribution is -1.99. The molecule has 7 heteroatoms. The lowest BCUT2D eigenvalue weighted by atomic mass is 10.2. The van der Waals surface area contributed by atoms with Crippen LogP contribution in [0.25, 0.3) is 0 Å². The van der Waals surface area contributed by atoms with Gasteiger partial charge >= 0.3 is 0 Å². The van der Waals surface area contributed by atoms with Crippen molar-refractivity contribution >= 4 is 35.7 Å². The van der Waals surface area contributed by atoms with Gasteiger partial charge in [-0.15, -0.1) is 0 Å². The molecular formula is C8H7BrClFO3S. The van der Waals surface area contributed by atoms with Gasteiger partial charge in [-0.25, -0.2) is 12.8 Å². The number of hydrogen-bond donors (Lipinski definition) is 0. The molecule has 0 amide bonds. The summed E-state index contributed by atoms with van der Waals surface area (Å²) < 4.78 is 40.2. The van der Waals surface area contributed by atoms with Crippen LogP contribution in [0.4, 0.5) is 4.39 Å². The molecular weight excluding hydrogens is 311 g/mol. The minimum atomic E-state index is -3.77. The van der Waals surface area contributed by atoms with Crippen LogP contribution in [-0.4, -0.2) is 15.5 Å². The molecule has 0 aromatic heterocycles. The lowest BCUT2D eigenvalue weighted by Gasteiger charge is -2.06. The Morgan fingerprint density at radius 3 is 2.60 bits per heavy atom. The minimum absolute atomic E-state index is 0.00215. The van der Waals surface area contributed by atoms with Crippen LogP contribution < -0.4 is 4.74 Å². The number of halogens is 3. The summed E-state index contributed by atoms with van der Waals surface area (Å²) in [5.74, 6) is -0.925. The number of rotatable bonds is 3. The third-order valence-corrected chi connectivity index (χ3v) is 3.25. The molecule has 0 saturated carbocycles. The lowest BCUT2D eigenvalue weighted by molar-refractivity contribution is 0.408. The summed E-state index contributed by atoms with van der Waals surface area (Å²) in [6.07, 6.45) is 0. The molecule has 84 valence electrons. The van der Waals surface area contributed by atoms with E-state index in [0.717, 1.165) is 6.07 Å². The zero-order valence-electron chi connectivity index (χ0n) is 7.63. The molecule has 3 nitrogen and oxygen atoms in total. The van der Waals surface area contributed by atoms with Gasteiger partial charge < -0.3 is 4.74 Å². The van der Waals surface area contributed by atoms with Crippen molar-refractivity contribution in [2.24, 2.45) is 0 Å². The SMILES string of the molecule is COc1cc(F)c(CS(=O)(=O)Cl)cc1Br. The maximum atomic E-state index is 13.3. The van der Waals surface area contributed by atoms with E-state index in [1.807, 2.05) is 0 Å². The van der Waals surface area contributed by atoms with Crippen molar-refractivity contribution in [3.05, 3.63) is 28.0 Å². The topological polar surface area (TPSA) is 43.4 Å². The first-order chi connectivity index (χ1) is 6.83. The monoisotopic (exact) mass is 316 g/mol. The summed E-state index contributed by atoms with van der Waals surface area (Å²) in [4.78, 5) is 0. The van der Waals surface area contributed by atoms with Crippen molar-refractivity contribution < 1.29 is 17.5 Å². The van der Waals surface area contributed by atoms with E-state index in [9.17, 15) is 12.8 Å². The maximum Gasteiger partial charge on any atom is 0.236 e. The number of methoxy groups -OCH3 is 1. The van der Waals surface area contributed by atoms with E-state index in [4.69, 9.17) is 15.4 Å². The zero-order chi connectivity index (χ0) is 11.6. The first kappa shape index (κ1) is 12.7. The molecule has 0 aliphatic carbocycles. The molecule has 0 atom stereocenters. The van der Waals surface area contributed by atoms with E-state index in [-0.39, 0.29) is 5.56 Å². The molecule has 0 bridgehead atoms. The summed E-state index contributed by atoms with van der Waals surface area (Å²) in [5, 5.41) is 0. The van der Waals surface area contributed by atoms with Gasteiger partial charge in [0.2, 0.25) is 9.05 Å². The molecule has 0 saturated heterocycles. The Kier molecular flexibility index (Phi) is 3.97. The second-order valence-corrected chi connectivity index (χ2v) is 6.39. The Bertz CT molecular complexity index is 475. The Morgan fingerprint density at radius 2 is 2.13 bits per heavy atom. The van der Waals surface area contributed by atoms with E-state index in [2.05, 4.69) is 15.9 Å². The Labute approximate surface area is 99.7 Å². The van der Waals surface area contributed by atoms with Crippen molar-refractivity contribution in [1.82, 2.24) is 0 Å². The highest BCUT2D eigenvalue weighted by molar-refractivity contribution is 9.10. The molecule has 1 aromatic rings. The highest BCUT2D eigenvalue weighted by Gasteiger charge is 2.14. The summed E-state index contributed by atoms with van der Waals surface area (Å²) in [7, 11) is 2.65. The van der Waals surface area contributed by atoms with Crippen LogP contribution >= 0.6 is 26.6 Å². The van der Waals surface area contributed by atoms with Crippen molar-refractivity contribution in [2.45, 2.75) is 5.75 Å². The summed E-state index contributed by atoms with van der Waals surface area (Å²) in [5.41, 5.74) is -0.00215. The van der Waals surface area contributed by atoms with Gasteiger partial charge in [0.15, 0.2) is 0 Å². The molecule has 0 spiro atoms. The number of ether oxygens (including phenoxy) is 1. The average Bonchev–Trinajstić information content (AvgIpc) is 2.08. The summed E-state index contributed by atoms with van der Waals surface area (Å²) in [6, 6.07) is 2.43. The molecule has 0 radical (unpaired) electrons. The quantitative estimate of drug-likeness (QED) is 0.805. The second kappa shape index (κ2) is 4.67. The fourth-order valence-corrected chi connectivity index (χ4v) is 2.52. The van der Waals surface area contributed by atoms with Crippen molar-refractivity contribution in [2.75, 3.05) is 7.11 Å². The Morgan fingerprint density at radius 1 is 1.53 bits per heavy atom. The van der Waals surface area contributed by atoms with Gasteiger partial charge in [0.1, 0.15) is 11.6 Å². The van der Waals surface area contributed by atoms with E-state index in [1.165, 1.54) is 13.2 Å². The van der Waals surface area contributed by atoms with Crippen LogP contribution in [0.15, 0.2) is 16.6 Å². The van der Waals surface area contributed by atoms with E-state index in [1.54, 1.807) is 0 Å². The minimum Gasteiger partial charge on any atom is -0.495 e. The molecule has 0 fully saturated rings. The van der Waals surface area contributed by atoms with Crippen LogP contribution in [0.2, 0.25) is 0 Å². The van der Waals surface area contributed by atoms with Crippen LogP contribution in [0, 0.1) is 5.82 Å². The van der Waals surface area contributed by atoms with Gasteiger partial charge in [-0.2, -0.15) is 0 Å². The highest BCUT2D eigenvalue weighted by Crippen LogP contribution is 2.29.